The van der Waals surface area contributed by atoms with E-state index >= 15 is 0 Å². The third-order valence-corrected chi connectivity index (χ3v) is 2.57. The molecule has 14 heavy (non-hydrogen) atoms. The second-order valence-corrected chi connectivity index (χ2v) is 3.35. The summed E-state index contributed by atoms with van der Waals surface area (Å²) in [5.74, 6) is 0.899. The van der Waals surface area contributed by atoms with Crippen LogP contribution in [0.25, 0.3) is 22.4 Å². The number of hydrogen-bond donors (Lipinski definition) is 0. The van der Waals surface area contributed by atoms with Gasteiger partial charge in [0.1, 0.15) is 5.75 Å². The van der Waals surface area contributed by atoms with Gasteiger partial charge in [-0.05, 0) is 23.8 Å². The smallest absolute Gasteiger partial charge is 0.128 e. The number of nitrogens with zero attached hydrogens (tertiary/aromatic N) is 1. The van der Waals surface area contributed by atoms with Crippen LogP contribution in [0.2, 0.25) is 0 Å². The van der Waals surface area contributed by atoms with Crippen LogP contribution in [0.5, 0.6) is 5.75 Å². The Bertz CT molecular complexity index is 488. The van der Waals surface area contributed by atoms with Gasteiger partial charge >= 0.3 is 0 Å². The maximum atomic E-state index is 5.32. The Morgan fingerprint density at radius 1 is 1.07 bits per heavy atom. The van der Waals surface area contributed by atoms with Crippen LogP contribution in [0.4, 0.5) is 0 Å². The van der Waals surface area contributed by atoms with E-state index in [0.717, 1.165) is 28.1 Å². The summed E-state index contributed by atoms with van der Waals surface area (Å²) in [6.45, 7) is 0. The highest BCUT2D eigenvalue weighted by Gasteiger charge is 2.12. The van der Waals surface area contributed by atoms with Gasteiger partial charge in [-0.2, -0.15) is 0 Å². The number of ether oxygens (including phenoxy) is 1. The number of methoxy groups -OCH3 is 1. The van der Waals surface area contributed by atoms with Crippen molar-refractivity contribution in [2.45, 2.75) is 0 Å². The molecule has 0 fully saturated rings. The van der Waals surface area contributed by atoms with Crippen molar-refractivity contribution >= 4 is 0 Å². The predicted molar refractivity (Wildman–Crippen MR) is 55.2 cm³/mol. The Balaban J connectivity index is 2.42. The Kier molecular flexibility index (Phi) is 1.39. The van der Waals surface area contributed by atoms with Crippen molar-refractivity contribution in [3.63, 3.8) is 0 Å². The Hall–Kier alpha value is -1.83. The van der Waals surface area contributed by atoms with Crippen molar-refractivity contribution in [1.29, 1.82) is 0 Å². The average molecular weight is 183 g/mol. The minimum atomic E-state index is 0.899. The molecule has 1 aromatic heterocycles. The second-order valence-electron chi connectivity index (χ2n) is 3.35. The molecule has 2 aromatic rings. The fourth-order valence-electron chi connectivity index (χ4n) is 1.81. The summed E-state index contributed by atoms with van der Waals surface area (Å²) in [5, 5.41) is 0. The molecule has 2 heteroatoms. The summed E-state index contributed by atoms with van der Waals surface area (Å²) in [4.78, 5) is 4.37. The van der Waals surface area contributed by atoms with Crippen LogP contribution in [0, 0.1) is 0 Å². The third-order valence-electron chi connectivity index (χ3n) is 2.57. The molecule has 0 unspecified atom stereocenters. The molecule has 0 amide bonds. The number of aromatic nitrogens is 1. The van der Waals surface area contributed by atoms with Crippen molar-refractivity contribution in [3.8, 4) is 28.1 Å². The first-order chi connectivity index (χ1) is 6.88. The first-order valence-electron chi connectivity index (χ1n) is 4.53. The summed E-state index contributed by atoms with van der Waals surface area (Å²) in [7, 11) is 1.69. The molecule has 68 valence electrons. The minimum absolute atomic E-state index is 0.899. The fourth-order valence-corrected chi connectivity index (χ4v) is 1.81. The topological polar surface area (TPSA) is 22.1 Å². The normalized spacial score (nSPS) is 11.2. The van der Waals surface area contributed by atoms with E-state index in [4.69, 9.17) is 4.74 Å². The van der Waals surface area contributed by atoms with Crippen molar-refractivity contribution in [1.82, 2.24) is 4.98 Å². The Morgan fingerprint density at radius 2 is 1.93 bits per heavy atom. The lowest BCUT2D eigenvalue weighted by Crippen LogP contribution is -1.94. The summed E-state index contributed by atoms with van der Waals surface area (Å²) in [6, 6.07) is 10.3. The van der Waals surface area contributed by atoms with E-state index in [-0.39, 0.29) is 0 Å². The third kappa shape index (κ3) is 0.880. The lowest BCUT2D eigenvalue weighted by atomic mass is 9.98. The zero-order chi connectivity index (χ0) is 9.54. The minimum Gasteiger partial charge on any atom is -0.496 e. The van der Waals surface area contributed by atoms with Gasteiger partial charge in [0, 0.05) is 17.3 Å². The van der Waals surface area contributed by atoms with Gasteiger partial charge in [-0.25, -0.2) is 0 Å². The van der Waals surface area contributed by atoms with Crippen LogP contribution < -0.4 is 4.74 Å². The maximum Gasteiger partial charge on any atom is 0.128 e. The van der Waals surface area contributed by atoms with Gasteiger partial charge in [-0.1, -0.05) is 12.1 Å². The monoisotopic (exact) mass is 183 g/mol. The Morgan fingerprint density at radius 3 is 2.64 bits per heavy atom. The van der Waals surface area contributed by atoms with E-state index in [1.807, 2.05) is 12.3 Å². The van der Waals surface area contributed by atoms with Gasteiger partial charge < -0.3 is 4.74 Å². The number of benzene rings is 1. The van der Waals surface area contributed by atoms with Crippen LogP contribution in [0.3, 0.4) is 0 Å². The molecule has 2 aliphatic carbocycles. The highest BCUT2D eigenvalue weighted by molar-refractivity contribution is 5.78. The molecule has 0 saturated heterocycles. The molecule has 0 spiro atoms. The standard InChI is InChI=1S/C12H9NO/c1-14-12-6-8-2-4-10(12)11-5-3-9(8)7-13-11/h2-7H,1H3. The number of hydrogen-bond acceptors (Lipinski definition) is 2. The molecule has 0 radical (unpaired) electrons. The van der Waals surface area contributed by atoms with Gasteiger partial charge in [-0.3, -0.25) is 4.98 Å². The van der Waals surface area contributed by atoms with E-state index in [2.05, 4.69) is 29.2 Å². The molecule has 6 rings (SSSR count). The van der Waals surface area contributed by atoms with Crippen molar-refractivity contribution in [2.24, 2.45) is 0 Å². The quantitative estimate of drug-likeness (QED) is 0.578. The number of rotatable bonds is 1. The van der Waals surface area contributed by atoms with E-state index in [0.29, 0.717) is 0 Å². The van der Waals surface area contributed by atoms with Crippen molar-refractivity contribution in [3.05, 3.63) is 36.5 Å². The molecule has 2 nitrogen and oxygen atoms in total. The first-order valence-corrected chi connectivity index (χ1v) is 4.53. The zero-order valence-electron chi connectivity index (χ0n) is 7.82. The van der Waals surface area contributed by atoms with Gasteiger partial charge in [0.05, 0.1) is 12.8 Å². The molecule has 0 N–H and O–H groups in total. The van der Waals surface area contributed by atoms with Crippen LogP contribution in [0.1, 0.15) is 0 Å². The van der Waals surface area contributed by atoms with E-state index in [9.17, 15) is 0 Å². The van der Waals surface area contributed by atoms with Crippen molar-refractivity contribution < 1.29 is 4.74 Å². The highest BCUT2D eigenvalue weighted by Crippen LogP contribution is 2.36. The van der Waals surface area contributed by atoms with Gasteiger partial charge in [-0.15, -0.1) is 0 Å². The zero-order valence-corrected chi connectivity index (χ0v) is 7.82. The molecule has 0 saturated carbocycles. The molecule has 1 aromatic carbocycles. The summed E-state index contributed by atoms with van der Waals surface area (Å²) < 4.78 is 5.32. The van der Waals surface area contributed by atoms with Gasteiger partial charge in [0.25, 0.3) is 0 Å². The van der Waals surface area contributed by atoms with Crippen LogP contribution in [-0.4, -0.2) is 12.1 Å². The lowest BCUT2D eigenvalue weighted by Gasteiger charge is -2.14. The SMILES string of the molecule is COc1cc2ccc1-c1ccc-2cn1. The Labute approximate surface area is 82.2 Å². The summed E-state index contributed by atoms with van der Waals surface area (Å²) in [6.07, 6.45) is 1.90. The highest BCUT2D eigenvalue weighted by atomic mass is 16.5. The maximum absolute atomic E-state index is 5.32. The molecule has 3 heterocycles. The molecule has 0 atom stereocenters. The predicted octanol–water partition coefficient (Wildman–Crippen LogP) is 2.74. The van der Waals surface area contributed by atoms with E-state index < -0.39 is 0 Å². The van der Waals surface area contributed by atoms with Gasteiger partial charge in [0.2, 0.25) is 0 Å². The van der Waals surface area contributed by atoms with Crippen molar-refractivity contribution in [2.75, 3.05) is 7.11 Å². The summed E-state index contributed by atoms with van der Waals surface area (Å²) in [5.41, 5.74) is 4.32. The molecular weight excluding hydrogens is 174 g/mol. The largest absolute Gasteiger partial charge is 0.496 e. The van der Waals surface area contributed by atoms with Crippen LogP contribution in [0.15, 0.2) is 36.5 Å². The van der Waals surface area contributed by atoms with E-state index in [1.165, 1.54) is 0 Å². The first kappa shape index (κ1) is 7.56. The molecule has 4 bridgehead atoms. The number of pyridine rings is 1. The van der Waals surface area contributed by atoms with Crippen LogP contribution >= 0.6 is 0 Å². The lowest BCUT2D eigenvalue weighted by molar-refractivity contribution is 0.416. The molecule has 2 aliphatic heterocycles. The summed E-state index contributed by atoms with van der Waals surface area (Å²) >= 11 is 0. The molecular formula is C12H9NO. The molecule has 4 aliphatic rings. The fraction of sp³-hybridized carbons (Fsp3) is 0.0833. The van der Waals surface area contributed by atoms with Gasteiger partial charge in [0.15, 0.2) is 0 Å². The van der Waals surface area contributed by atoms with E-state index in [1.54, 1.807) is 7.11 Å². The van der Waals surface area contributed by atoms with Crippen LogP contribution in [-0.2, 0) is 0 Å². The second kappa shape index (κ2) is 2.58. The average Bonchev–Trinajstić information content (AvgIpc) is 2.23.